The third kappa shape index (κ3) is 8.37. The molecule has 2 heterocycles. The number of guanidine groups is 1. The average molecular weight is 465 g/mol. The maximum Gasteiger partial charge on any atom is 0.190 e. The van der Waals surface area contributed by atoms with Crippen LogP contribution >= 0.6 is 24.0 Å². The van der Waals surface area contributed by atoms with E-state index >= 15 is 0 Å². The van der Waals surface area contributed by atoms with Crippen molar-refractivity contribution >= 4 is 29.9 Å². The lowest BCUT2D eigenvalue weighted by atomic mass is 10.3. The largest absolute Gasteiger partial charge is 0.379 e. The monoisotopic (exact) mass is 465 g/mol. The van der Waals surface area contributed by atoms with E-state index in [-0.39, 0.29) is 30.1 Å². The number of nitrogens with one attached hydrogen (secondary N) is 2. The first-order valence-corrected chi connectivity index (χ1v) is 8.84. The van der Waals surface area contributed by atoms with E-state index in [0.29, 0.717) is 0 Å². The predicted molar refractivity (Wildman–Crippen MR) is 111 cm³/mol. The van der Waals surface area contributed by atoms with E-state index < -0.39 is 0 Å². The highest BCUT2D eigenvalue weighted by molar-refractivity contribution is 14.0. The van der Waals surface area contributed by atoms with Crippen molar-refractivity contribution in [3.63, 3.8) is 0 Å². The highest BCUT2D eigenvalue weighted by atomic mass is 127. The van der Waals surface area contributed by atoms with Gasteiger partial charge in [0.2, 0.25) is 0 Å². The first kappa shape index (κ1) is 22.2. The smallest absolute Gasteiger partial charge is 0.190 e. The number of aromatic nitrogens is 2. The fourth-order valence-corrected chi connectivity index (χ4v) is 2.73. The fraction of sp³-hybridized carbons (Fsp3) is 0.765. The van der Waals surface area contributed by atoms with Gasteiger partial charge in [-0.05, 0) is 39.2 Å². The summed E-state index contributed by atoms with van der Waals surface area (Å²) in [4.78, 5) is 4.24. The Kier molecular flexibility index (Phi) is 11.1. The molecule has 25 heavy (non-hydrogen) atoms. The van der Waals surface area contributed by atoms with Crippen LogP contribution in [0.4, 0.5) is 0 Å². The first-order chi connectivity index (χ1) is 11.7. The average Bonchev–Trinajstić information content (AvgIpc) is 3.18. The van der Waals surface area contributed by atoms with Crippen molar-refractivity contribution in [2.24, 2.45) is 4.99 Å². The van der Waals surface area contributed by atoms with E-state index in [1.54, 1.807) is 7.05 Å². The number of hydrogen-bond acceptors (Lipinski definition) is 4. The molecule has 1 saturated heterocycles. The first-order valence-electron chi connectivity index (χ1n) is 8.84. The van der Waals surface area contributed by atoms with Crippen LogP contribution in [0, 0.1) is 13.8 Å². The second-order valence-electron chi connectivity index (χ2n) is 6.14. The molecule has 0 radical (unpaired) electrons. The quantitative estimate of drug-likeness (QED) is 0.252. The molecule has 8 heteroatoms. The minimum absolute atomic E-state index is 0. The molecule has 1 unspecified atom stereocenters. The van der Waals surface area contributed by atoms with E-state index in [1.165, 1.54) is 5.69 Å². The molecule has 7 nitrogen and oxygen atoms in total. The van der Waals surface area contributed by atoms with Crippen LogP contribution in [0.5, 0.6) is 0 Å². The Hall–Kier alpha value is -0.870. The maximum atomic E-state index is 5.74. The third-order valence-electron chi connectivity index (χ3n) is 4.02. The Bertz CT molecular complexity index is 515. The van der Waals surface area contributed by atoms with Crippen molar-refractivity contribution in [1.29, 1.82) is 0 Å². The lowest BCUT2D eigenvalue weighted by molar-refractivity contribution is 0.0420. The van der Waals surface area contributed by atoms with Crippen molar-refractivity contribution in [2.75, 3.05) is 40.0 Å². The van der Waals surface area contributed by atoms with Gasteiger partial charge in [-0.3, -0.25) is 9.67 Å². The number of halogens is 1. The molecule has 1 atom stereocenters. The van der Waals surface area contributed by atoms with Gasteiger partial charge in [0.1, 0.15) is 0 Å². The highest BCUT2D eigenvalue weighted by Gasteiger charge is 2.15. The summed E-state index contributed by atoms with van der Waals surface area (Å²) in [5.41, 5.74) is 2.28. The van der Waals surface area contributed by atoms with E-state index in [1.807, 2.05) is 6.92 Å². The van der Waals surface area contributed by atoms with Crippen LogP contribution < -0.4 is 10.6 Å². The second-order valence-corrected chi connectivity index (χ2v) is 6.14. The summed E-state index contributed by atoms with van der Waals surface area (Å²) in [7, 11) is 1.79. The van der Waals surface area contributed by atoms with Crippen molar-refractivity contribution in [1.82, 2.24) is 20.4 Å². The molecule has 0 spiro atoms. The van der Waals surface area contributed by atoms with Crippen LogP contribution in [0.3, 0.4) is 0 Å². The zero-order valence-electron chi connectivity index (χ0n) is 15.6. The summed E-state index contributed by atoms with van der Waals surface area (Å²) in [5.74, 6) is 0.840. The summed E-state index contributed by atoms with van der Waals surface area (Å²) in [5, 5.41) is 11.1. The molecule has 144 valence electrons. The number of rotatable bonds is 9. The fourth-order valence-electron chi connectivity index (χ4n) is 2.73. The van der Waals surface area contributed by atoms with E-state index in [9.17, 15) is 0 Å². The predicted octanol–water partition coefficient (Wildman–Crippen LogP) is 1.87. The van der Waals surface area contributed by atoms with Crippen LogP contribution in [-0.4, -0.2) is 61.8 Å². The highest BCUT2D eigenvalue weighted by Crippen LogP contribution is 2.07. The number of aryl methyl sites for hydroxylation is 3. The molecule has 1 aromatic heterocycles. The summed E-state index contributed by atoms with van der Waals surface area (Å²) in [6.07, 6.45) is 3.28. The second kappa shape index (κ2) is 12.5. The van der Waals surface area contributed by atoms with Crippen LogP contribution in [-0.2, 0) is 16.0 Å². The molecule has 0 saturated carbocycles. The molecule has 1 aliphatic heterocycles. The van der Waals surface area contributed by atoms with Crippen LogP contribution in [0.25, 0.3) is 0 Å². The van der Waals surface area contributed by atoms with Crippen LogP contribution in [0.2, 0.25) is 0 Å². The van der Waals surface area contributed by atoms with E-state index in [0.717, 1.165) is 70.4 Å². The molecular weight excluding hydrogens is 433 g/mol. The molecule has 2 rings (SSSR count). The van der Waals surface area contributed by atoms with Gasteiger partial charge in [-0.2, -0.15) is 5.10 Å². The molecule has 0 bridgehead atoms. The van der Waals surface area contributed by atoms with Gasteiger partial charge in [0.05, 0.1) is 18.4 Å². The van der Waals surface area contributed by atoms with Gasteiger partial charge in [-0.1, -0.05) is 0 Å². The summed E-state index contributed by atoms with van der Waals surface area (Å²) in [6, 6.07) is 2.10. The maximum absolute atomic E-state index is 5.74. The molecule has 0 aromatic carbocycles. The van der Waals surface area contributed by atoms with Crippen LogP contribution in [0.1, 0.15) is 30.7 Å². The van der Waals surface area contributed by atoms with Gasteiger partial charge >= 0.3 is 0 Å². The summed E-state index contributed by atoms with van der Waals surface area (Å²) < 4.78 is 13.1. The summed E-state index contributed by atoms with van der Waals surface area (Å²) >= 11 is 0. The van der Waals surface area contributed by atoms with Gasteiger partial charge in [0.15, 0.2) is 5.96 Å². The van der Waals surface area contributed by atoms with Crippen molar-refractivity contribution < 1.29 is 9.47 Å². The van der Waals surface area contributed by atoms with Gasteiger partial charge in [-0.15, -0.1) is 24.0 Å². The lowest BCUT2D eigenvalue weighted by Crippen LogP contribution is -2.38. The molecule has 0 amide bonds. The minimum atomic E-state index is 0. The number of hydrogen-bond donors (Lipinski definition) is 2. The number of nitrogens with zero attached hydrogens (tertiary/aromatic N) is 3. The molecule has 0 aliphatic carbocycles. The minimum Gasteiger partial charge on any atom is -0.379 e. The Balaban J connectivity index is 0.00000312. The normalized spacial score (nSPS) is 17.4. The zero-order chi connectivity index (χ0) is 17.2. The third-order valence-corrected chi connectivity index (χ3v) is 4.02. The lowest BCUT2D eigenvalue weighted by Gasteiger charge is -2.13. The molecule has 1 fully saturated rings. The molecule has 2 N–H and O–H groups in total. The number of ether oxygens (including phenoxy) is 2. The van der Waals surface area contributed by atoms with Gasteiger partial charge in [0.25, 0.3) is 0 Å². The SMILES string of the molecule is CN=C(NCCCOC1CCOC1)NCCCn1nc(C)cc1C.I. The topological polar surface area (TPSA) is 72.7 Å². The standard InChI is InChI=1S/C17H31N5O2.HI/c1-14-12-15(2)22(21-14)9-4-7-19-17(18-3)20-8-5-10-24-16-6-11-23-13-16;/h12,16H,4-11,13H2,1-3H3,(H2,18,19,20);1H. The van der Waals surface area contributed by atoms with Gasteiger partial charge in [-0.25, -0.2) is 0 Å². The molecule has 1 aliphatic rings. The molecule has 1 aromatic rings. The van der Waals surface area contributed by atoms with Gasteiger partial charge in [0, 0.05) is 45.6 Å². The van der Waals surface area contributed by atoms with E-state index in [4.69, 9.17) is 9.47 Å². The summed E-state index contributed by atoms with van der Waals surface area (Å²) in [6.45, 7) is 9.09. The zero-order valence-corrected chi connectivity index (χ0v) is 17.9. The van der Waals surface area contributed by atoms with Gasteiger partial charge < -0.3 is 20.1 Å². The van der Waals surface area contributed by atoms with Crippen molar-refractivity contribution in [3.8, 4) is 0 Å². The Morgan fingerprint density at radius 3 is 2.72 bits per heavy atom. The molecular formula is C17H32IN5O2. The number of aliphatic imine (C=N–C) groups is 1. The van der Waals surface area contributed by atoms with Crippen molar-refractivity contribution in [2.45, 2.75) is 45.8 Å². The van der Waals surface area contributed by atoms with E-state index in [2.05, 4.69) is 38.4 Å². The van der Waals surface area contributed by atoms with Crippen molar-refractivity contribution in [3.05, 3.63) is 17.5 Å². The Labute approximate surface area is 168 Å². The van der Waals surface area contributed by atoms with Crippen LogP contribution in [0.15, 0.2) is 11.1 Å². The Morgan fingerprint density at radius 1 is 1.36 bits per heavy atom. The Morgan fingerprint density at radius 2 is 2.12 bits per heavy atom.